The van der Waals surface area contributed by atoms with Gasteiger partial charge in [-0.1, -0.05) is 6.92 Å². The van der Waals surface area contributed by atoms with Crippen LogP contribution in [0.1, 0.15) is 49.9 Å². The number of quaternary nitrogens is 1. The Morgan fingerprint density at radius 1 is 1.42 bits per heavy atom. The zero-order chi connectivity index (χ0) is 17.9. The van der Waals surface area contributed by atoms with Gasteiger partial charge in [0.15, 0.2) is 5.65 Å². The molecule has 6 nitrogen and oxygen atoms in total. The molecule has 1 saturated heterocycles. The Kier molecular flexibility index (Phi) is 3.81. The highest BCUT2D eigenvalue weighted by atomic mass is 32.1. The molecule has 0 radical (unpaired) electrons. The third kappa shape index (κ3) is 2.82. The first-order valence-electron chi connectivity index (χ1n) is 9.60. The van der Waals surface area contributed by atoms with Gasteiger partial charge in [0.2, 0.25) is 5.82 Å². The van der Waals surface area contributed by atoms with Crippen molar-refractivity contribution in [3.05, 3.63) is 22.6 Å². The molecular formula is C19H26N5OS+. The molecule has 3 aromatic heterocycles. The number of piperidine rings is 1. The fourth-order valence-corrected chi connectivity index (χ4v) is 5.51. The van der Waals surface area contributed by atoms with Crippen molar-refractivity contribution in [3.8, 4) is 0 Å². The van der Waals surface area contributed by atoms with E-state index in [0.717, 1.165) is 35.2 Å². The summed E-state index contributed by atoms with van der Waals surface area (Å²) in [6.07, 6.45) is 5.38. The molecule has 138 valence electrons. The number of nitrogens with zero attached hydrogens (tertiary/aromatic N) is 4. The normalized spacial score (nSPS) is 25.7. The van der Waals surface area contributed by atoms with Crippen LogP contribution < -0.4 is 4.90 Å². The second-order valence-electron chi connectivity index (χ2n) is 8.58. The van der Waals surface area contributed by atoms with Crippen LogP contribution in [0.3, 0.4) is 0 Å². The van der Waals surface area contributed by atoms with E-state index in [9.17, 15) is 0 Å². The SMILES string of the molecule is C[C@H]1CCC[NH+](Cc2nc3c4c5c(sc4ncn3n2)COC(C)(C)C5)C1. The molecule has 0 amide bonds. The molecule has 7 heteroatoms. The molecule has 3 aromatic rings. The number of thiophene rings is 1. The van der Waals surface area contributed by atoms with E-state index in [0.29, 0.717) is 6.61 Å². The summed E-state index contributed by atoms with van der Waals surface area (Å²) < 4.78 is 7.86. The van der Waals surface area contributed by atoms with Gasteiger partial charge in [0.25, 0.3) is 0 Å². The summed E-state index contributed by atoms with van der Waals surface area (Å²) in [5.74, 6) is 1.74. The maximum absolute atomic E-state index is 5.99. The Balaban J connectivity index is 1.55. The Morgan fingerprint density at radius 3 is 3.15 bits per heavy atom. The second kappa shape index (κ2) is 5.97. The topological polar surface area (TPSA) is 56.8 Å². The number of likely N-dealkylation sites (tertiary alicyclic amines) is 1. The van der Waals surface area contributed by atoms with E-state index < -0.39 is 0 Å². The molecule has 5 rings (SSSR count). The van der Waals surface area contributed by atoms with Gasteiger partial charge in [-0.2, -0.15) is 0 Å². The molecule has 0 aromatic carbocycles. The van der Waals surface area contributed by atoms with Gasteiger partial charge in [-0.05, 0) is 32.3 Å². The molecule has 0 aliphatic carbocycles. The number of hydrogen-bond donors (Lipinski definition) is 1. The number of rotatable bonds is 2. The predicted molar refractivity (Wildman–Crippen MR) is 102 cm³/mol. The van der Waals surface area contributed by atoms with Crippen LogP contribution >= 0.6 is 11.3 Å². The van der Waals surface area contributed by atoms with Gasteiger partial charge >= 0.3 is 0 Å². The first kappa shape index (κ1) is 16.6. The van der Waals surface area contributed by atoms with E-state index in [1.165, 1.54) is 41.8 Å². The summed E-state index contributed by atoms with van der Waals surface area (Å²) in [7, 11) is 0. The maximum atomic E-state index is 5.99. The summed E-state index contributed by atoms with van der Waals surface area (Å²) in [6, 6.07) is 0. The summed E-state index contributed by atoms with van der Waals surface area (Å²) in [4.78, 5) is 13.5. The lowest BCUT2D eigenvalue weighted by Crippen LogP contribution is -3.12. The van der Waals surface area contributed by atoms with E-state index in [1.807, 2.05) is 10.8 Å². The Bertz CT molecular complexity index is 975. The van der Waals surface area contributed by atoms with Gasteiger partial charge in [-0.15, -0.1) is 16.4 Å². The number of ether oxygens (including phenoxy) is 1. The Labute approximate surface area is 157 Å². The highest BCUT2D eigenvalue weighted by molar-refractivity contribution is 7.19. The van der Waals surface area contributed by atoms with Gasteiger partial charge < -0.3 is 9.64 Å². The zero-order valence-corrected chi connectivity index (χ0v) is 16.5. The minimum Gasteiger partial charge on any atom is -0.370 e. The number of aromatic nitrogens is 4. The van der Waals surface area contributed by atoms with Crippen LogP contribution in [-0.4, -0.2) is 38.3 Å². The van der Waals surface area contributed by atoms with Gasteiger partial charge in [-0.25, -0.2) is 14.5 Å². The lowest BCUT2D eigenvalue weighted by atomic mass is 9.94. The van der Waals surface area contributed by atoms with E-state index in [-0.39, 0.29) is 5.60 Å². The van der Waals surface area contributed by atoms with Crippen molar-refractivity contribution in [3.63, 3.8) is 0 Å². The molecule has 2 aliphatic rings. The van der Waals surface area contributed by atoms with Crippen LogP contribution in [0.25, 0.3) is 15.9 Å². The van der Waals surface area contributed by atoms with Gasteiger partial charge in [0.05, 0.1) is 30.7 Å². The molecule has 1 fully saturated rings. The van der Waals surface area contributed by atoms with Crippen LogP contribution in [0.2, 0.25) is 0 Å². The van der Waals surface area contributed by atoms with Crippen LogP contribution in [0, 0.1) is 5.92 Å². The fourth-order valence-electron chi connectivity index (χ4n) is 4.44. The summed E-state index contributed by atoms with van der Waals surface area (Å²) in [5, 5.41) is 5.93. The summed E-state index contributed by atoms with van der Waals surface area (Å²) in [6.45, 7) is 10.7. The molecule has 0 saturated carbocycles. The fraction of sp³-hybridized carbons (Fsp3) is 0.632. The van der Waals surface area contributed by atoms with E-state index in [4.69, 9.17) is 14.8 Å². The van der Waals surface area contributed by atoms with Crippen LogP contribution in [0.5, 0.6) is 0 Å². The standard InChI is InChI=1S/C19H25N5OS/c1-12-5-4-6-23(8-12)9-15-21-17-16-13-7-19(2,3)25-10-14(13)26-18(16)20-11-24(17)22-15/h11-12H,4-10H2,1-3H3/p+1/t12-/m0/s1. The minimum atomic E-state index is -0.134. The molecule has 0 bridgehead atoms. The van der Waals surface area contributed by atoms with Crippen molar-refractivity contribution in [1.29, 1.82) is 0 Å². The van der Waals surface area contributed by atoms with Gasteiger partial charge in [0.1, 0.15) is 17.7 Å². The zero-order valence-electron chi connectivity index (χ0n) is 15.7. The molecule has 5 heterocycles. The molecule has 0 spiro atoms. The van der Waals surface area contributed by atoms with Crippen molar-refractivity contribution in [2.45, 2.75) is 58.8 Å². The lowest BCUT2D eigenvalue weighted by molar-refractivity contribution is -0.922. The van der Waals surface area contributed by atoms with Crippen molar-refractivity contribution >= 4 is 27.2 Å². The van der Waals surface area contributed by atoms with E-state index in [2.05, 4.69) is 25.8 Å². The highest BCUT2D eigenvalue weighted by Crippen LogP contribution is 2.39. The van der Waals surface area contributed by atoms with Crippen molar-refractivity contribution < 1.29 is 9.64 Å². The number of nitrogens with one attached hydrogen (secondary N) is 1. The van der Waals surface area contributed by atoms with Crippen molar-refractivity contribution in [2.75, 3.05) is 13.1 Å². The van der Waals surface area contributed by atoms with Crippen molar-refractivity contribution in [2.24, 2.45) is 5.92 Å². The van der Waals surface area contributed by atoms with E-state index in [1.54, 1.807) is 16.2 Å². The van der Waals surface area contributed by atoms with Crippen molar-refractivity contribution in [1.82, 2.24) is 19.6 Å². The summed E-state index contributed by atoms with van der Waals surface area (Å²) in [5.41, 5.74) is 2.19. The molecule has 1 N–H and O–H groups in total. The van der Waals surface area contributed by atoms with Gasteiger partial charge in [0, 0.05) is 17.2 Å². The number of fused-ring (bicyclic) bond motifs is 5. The first-order chi connectivity index (χ1) is 12.5. The summed E-state index contributed by atoms with van der Waals surface area (Å²) >= 11 is 1.74. The average molecular weight is 373 g/mol. The smallest absolute Gasteiger partial charge is 0.206 e. The largest absolute Gasteiger partial charge is 0.370 e. The van der Waals surface area contributed by atoms with Gasteiger partial charge in [-0.3, -0.25) is 0 Å². The molecule has 26 heavy (non-hydrogen) atoms. The Morgan fingerprint density at radius 2 is 2.31 bits per heavy atom. The third-order valence-electron chi connectivity index (χ3n) is 5.72. The predicted octanol–water partition coefficient (Wildman–Crippen LogP) is 2.01. The van der Waals surface area contributed by atoms with Crippen LogP contribution in [0.15, 0.2) is 6.33 Å². The minimum absolute atomic E-state index is 0.134. The maximum Gasteiger partial charge on any atom is 0.206 e. The monoisotopic (exact) mass is 372 g/mol. The van der Waals surface area contributed by atoms with Crippen LogP contribution in [0.4, 0.5) is 0 Å². The van der Waals surface area contributed by atoms with E-state index >= 15 is 0 Å². The second-order valence-corrected chi connectivity index (χ2v) is 9.66. The molecule has 1 unspecified atom stereocenters. The Hall–Kier alpha value is -1.57. The third-order valence-corrected chi connectivity index (χ3v) is 6.84. The molecule has 2 aliphatic heterocycles. The molecular weight excluding hydrogens is 346 g/mol. The average Bonchev–Trinajstić information content (AvgIpc) is 3.13. The first-order valence-corrected chi connectivity index (χ1v) is 10.4. The quantitative estimate of drug-likeness (QED) is 0.748. The number of hydrogen-bond acceptors (Lipinski definition) is 5. The highest BCUT2D eigenvalue weighted by Gasteiger charge is 2.31. The lowest BCUT2D eigenvalue weighted by Gasteiger charge is -2.30. The van der Waals surface area contributed by atoms with Crippen LogP contribution in [-0.2, 0) is 24.3 Å². The molecule has 2 atom stereocenters.